The van der Waals surface area contributed by atoms with Gasteiger partial charge in [0, 0.05) is 24.9 Å². The van der Waals surface area contributed by atoms with Crippen LogP contribution in [0.15, 0.2) is 12.3 Å². The molecule has 2 rings (SSSR count). The Balaban J connectivity index is 2.22. The number of aliphatic hydroxyl groups is 1. The van der Waals surface area contributed by atoms with Gasteiger partial charge in [-0.1, -0.05) is 0 Å². The van der Waals surface area contributed by atoms with Crippen molar-refractivity contribution in [2.45, 2.75) is 63.5 Å². The zero-order chi connectivity index (χ0) is 21.3. The second kappa shape index (κ2) is 7.94. The summed E-state index contributed by atoms with van der Waals surface area (Å²) < 4.78 is 43.7. The van der Waals surface area contributed by atoms with Crippen LogP contribution in [-0.4, -0.2) is 52.9 Å². The summed E-state index contributed by atoms with van der Waals surface area (Å²) in [5, 5.41) is 15.0. The van der Waals surface area contributed by atoms with Crippen LogP contribution in [0.4, 0.5) is 13.2 Å². The molecular formula is C18H24F3N3O4. The number of halogens is 3. The predicted octanol–water partition coefficient (Wildman–Crippen LogP) is 1.90. The molecule has 3 atom stereocenters. The average Bonchev–Trinajstić information content (AvgIpc) is 3.44. The third-order valence-corrected chi connectivity index (χ3v) is 4.79. The van der Waals surface area contributed by atoms with E-state index in [1.54, 1.807) is 0 Å². The average molecular weight is 403 g/mol. The third kappa shape index (κ3) is 4.92. The molecule has 1 aliphatic rings. The molecule has 1 aromatic heterocycles. The Labute approximate surface area is 160 Å². The zero-order valence-corrected chi connectivity index (χ0v) is 16.1. The summed E-state index contributed by atoms with van der Waals surface area (Å²) in [6.07, 6.45) is -3.62. The van der Waals surface area contributed by atoms with Crippen molar-refractivity contribution >= 4 is 11.8 Å². The van der Waals surface area contributed by atoms with Gasteiger partial charge in [0.25, 0.3) is 11.8 Å². The number of rotatable bonds is 7. The van der Waals surface area contributed by atoms with Gasteiger partial charge in [-0.25, -0.2) is 0 Å². The number of alkyl halides is 3. The Hall–Kier alpha value is -2.36. The van der Waals surface area contributed by atoms with Gasteiger partial charge >= 0.3 is 6.18 Å². The molecule has 2 amide bonds. The number of hydrogen-bond donors (Lipinski definition) is 3. The van der Waals surface area contributed by atoms with E-state index in [-0.39, 0.29) is 17.4 Å². The van der Waals surface area contributed by atoms with Crippen LogP contribution in [0.1, 0.15) is 55.6 Å². The zero-order valence-electron chi connectivity index (χ0n) is 16.1. The smallest absolute Gasteiger partial charge is 0.425 e. The first-order valence-electron chi connectivity index (χ1n) is 8.86. The maximum Gasteiger partial charge on any atom is 0.425 e. The summed E-state index contributed by atoms with van der Waals surface area (Å²) in [6.45, 7) is 3.55. The Kier molecular flexibility index (Phi) is 6.22. The van der Waals surface area contributed by atoms with Gasteiger partial charge in [0.05, 0.1) is 6.04 Å². The fourth-order valence-electron chi connectivity index (χ4n) is 2.49. The molecule has 1 aliphatic carbocycles. The Morgan fingerprint density at radius 2 is 1.93 bits per heavy atom. The molecule has 0 bridgehead atoms. The van der Waals surface area contributed by atoms with Gasteiger partial charge in [-0.15, -0.1) is 0 Å². The lowest BCUT2D eigenvalue weighted by molar-refractivity contribution is -0.189. The highest BCUT2D eigenvalue weighted by atomic mass is 19.4. The number of pyridine rings is 1. The largest absolute Gasteiger partial charge is 0.481 e. The molecule has 1 heterocycles. The lowest BCUT2D eigenvalue weighted by Crippen LogP contribution is -2.57. The molecule has 156 valence electrons. The maximum absolute atomic E-state index is 12.9. The second-order valence-corrected chi connectivity index (χ2v) is 7.11. The molecule has 1 aromatic rings. The number of carbonyl (C=O) groups is 2. The molecule has 1 saturated carbocycles. The van der Waals surface area contributed by atoms with Crippen molar-refractivity contribution in [1.29, 1.82) is 0 Å². The Morgan fingerprint density at radius 1 is 1.32 bits per heavy atom. The van der Waals surface area contributed by atoms with E-state index in [0.717, 1.165) is 25.8 Å². The molecule has 3 N–H and O–H groups in total. The molecule has 7 nitrogen and oxygen atoms in total. The predicted molar refractivity (Wildman–Crippen MR) is 94.0 cm³/mol. The number of ether oxygens (including phenoxy) is 1. The van der Waals surface area contributed by atoms with Crippen LogP contribution in [0, 0.1) is 0 Å². The highest BCUT2D eigenvalue weighted by Crippen LogP contribution is 2.44. The van der Waals surface area contributed by atoms with E-state index < -0.39 is 35.7 Å². The summed E-state index contributed by atoms with van der Waals surface area (Å²) in [5.41, 5.74) is -1.53. The summed E-state index contributed by atoms with van der Waals surface area (Å²) in [7, 11) is 1.34. The number of likely N-dealkylation sites (N-methyl/N-ethyl adjacent to an activating group) is 1. The lowest BCUT2D eigenvalue weighted by atomic mass is 9.96. The quantitative estimate of drug-likeness (QED) is 0.646. The van der Waals surface area contributed by atoms with Crippen LogP contribution in [0.2, 0.25) is 0 Å². The van der Waals surface area contributed by atoms with Crippen LogP contribution in [0.5, 0.6) is 5.75 Å². The van der Waals surface area contributed by atoms with Gasteiger partial charge < -0.3 is 20.5 Å². The number of aromatic nitrogens is 1. The monoisotopic (exact) mass is 403 g/mol. The van der Waals surface area contributed by atoms with Gasteiger partial charge in [0.1, 0.15) is 11.4 Å². The lowest BCUT2D eigenvalue weighted by Gasteiger charge is -2.29. The molecule has 10 heteroatoms. The standard InChI is InChI=1S/C18H24F3N3O4/c1-9(17(3,27)16(26)22-4)24-15(25)13-7-14(28-10(2)18(19,20)21)12(8-23-13)11-5-6-11/h7-11,27H,5-6H2,1-4H3,(H,22,26)(H,24,25)/t9?,10-,17?/m0/s1. The number of nitrogens with zero attached hydrogens (tertiary/aromatic N) is 1. The molecule has 0 spiro atoms. The molecule has 0 aromatic carbocycles. The number of nitrogens with one attached hydrogen (secondary N) is 2. The van der Waals surface area contributed by atoms with Gasteiger partial charge in [-0.3, -0.25) is 14.6 Å². The maximum atomic E-state index is 12.9. The SMILES string of the molecule is CNC(=O)C(C)(O)C(C)NC(=O)c1cc(O[C@@H](C)C(F)(F)F)c(C2CC2)cn1. The molecular weight excluding hydrogens is 379 g/mol. The van der Waals surface area contributed by atoms with Crippen LogP contribution in [-0.2, 0) is 4.79 Å². The van der Waals surface area contributed by atoms with E-state index in [1.165, 1.54) is 27.1 Å². The van der Waals surface area contributed by atoms with E-state index in [1.807, 2.05) is 0 Å². The molecule has 0 aliphatic heterocycles. The minimum Gasteiger partial charge on any atom is -0.481 e. The summed E-state index contributed by atoms with van der Waals surface area (Å²) in [6, 6.07) is 0.176. The topological polar surface area (TPSA) is 101 Å². The van der Waals surface area contributed by atoms with Crippen molar-refractivity contribution in [2.24, 2.45) is 0 Å². The van der Waals surface area contributed by atoms with E-state index in [2.05, 4.69) is 15.6 Å². The van der Waals surface area contributed by atoms with Crippen LogP contribution in [0.25, 0.3) is 0 Å². The third-order valence-electron chi connectivity index (χ3n) is 4.79. The molecule has 0 radical (unpaired) electrons. The molecule has 0 saturated heterocycles. The first kappa shape index (κ1) is 21.9. The first-order chi connectivity index (χ1) is 12.9. The first-order valence-corrected chi connectivity index (χ1v) is 8.86. The van der Waals surface area contributed by atoms with E-state index in [0.29, 0.717) is 5.56 Å². The summed E-state index contributed by atoms with van der Waals surface area (Å²) >= 11 is 0. The van der Waals surface area contributed by atoms with Gasteiger partial charge in [-0.05, 0) is 39.5 Å². The number of hydrogen-bond acceptors (Lipinski definition) is 5. The fourth-order valence-corrected chi connectivity index (χ4v) is 2.49. The van der Waals surface area contributed by atoms with Crippen molar-refractivity contribution in [3.8, 4) is 5.75 Å². The van der Waals surface area contributed by atoms with Gasteiger partial charge in [-0.2, -0.15) is 13.2 Å². The number of amides is 2. The Bertz CT molecular complexity index is 748. The second-order valence-electron chi connectivity index (χ2n) is 7.11. The van der Waals surface area contributed by atoms with Crippen LogP contribution in [0.3, 0.4) is 0 Å². The van der Waals surface area contributed by atoms with Gasteiger partial charge in [0.15, 0.2) is 11.7 Å². The highest BCUT2D eigenvalue weighted by Gasteiger charge is 2.40. The minimum absolute atomic E-state index is 0.0433. The van der Waals surface area contributed by atoms with E-state index >= 15 is 0 Å². The number of carbonyl (C=O) groups excluding carboxylic acids is 2. The van der Waals surface area contributed by atoms with Crippen molar-refractivity contribution in [3.63, 3.8) is 0 Å². The fraction of sp³-hybridized carbons (Fsp3) is 0.611. The molecule has 28 heavy (non-hydrogen) atoms. The molecule has 2 unspecified atom stereocenters. The van der Waals surface area contributed by atoms with Crippen molar-refractivity contribution in [1.82, 2.24) is 15.6 Å². The Morgan fingerprint density at radius 3 is 2.43 bits per heavy atom. The summed E-state index contributed by atoms with van der Waals surface area (Å²) in [4.78, 5) is 28.2. The minimum atomic E-state index is -4.55. The van der Waals surface area contributed by atoms with Crippen molar-refractivity contribution < 1.29 is 32.6 Å². The van der Waals surface area contributed by atoms with E-state index in [9.17, 15) is 27.9 Å². The summed E-state index contributed by atoms with van der Waals surface area (Å²) in [5.74, 6) is -1.42. The van der Waals surface area contributed by atoms with Crippen LogP contribution >= 0.6 is 0 Å². The van der Waals surface area contributed by atoms with Crippen molar-refractivity contribution in [3.05, 3.63) is 23.5 Å². The normalized spacial score (nSPS) is 18.6. The van der Waals surface area contributed by atoms with Crippen LogP contribution < -0.4 is 15.4 Å². The highest BCUT2D eigenvalue weighted by molar-refractivity contribution is 5.94. The van der Waals surface area contributed by atoms with Crippen molar-refractivity contribution in [2.75, 3.05) is 7.05 Å². The van der Waals surface area contributed by atoms with Gasteiger partial charge in [0.2, 0.25) is 0 Å². The van der Waals surface area contributed by atoms with E-state index in [4.69, 9.17) is 4.74 Å². The molecule has 1 fully saturated rings.